The zero-order chi connectivity index (χ0) is 25.3. The molecule has 2 aromatic carbocycles. The number of carbonyl (C=O) groups is 2. The molecule has 2 N–H and O–H groups in total. The van der Waals surface area contributed by atoms with Crippen LogP contribution < -0.4 is 10.6 Å². The molecule has 0 saturated heterocycles. The normalized spacial score (nSPS) is 10.5. The van der Waals surface area contributed by atoms with Gasteiger partial charge in [-0.25, -0.2) is 18.4 Å². The van der Waals surface area contributed by atoms with Gasteiger partial charge in [-0.05, 0) is 62.4 Å². The highest BCUT2D eigenvalue weighted by atomic mass is 19.1. The second-order valence-electron chi connectivity index (χ2n) is 6.08. The summed E-state index contributed by atoms with van der Waals surface area (Å²) < 4.78 is 34.6. The highest BCUT2D eigenvalue weighted by Gasteiger charge is 2.09. The molecule has 0 aliphatic rings. The van der Waals surface area contributed by atoms with Crippen LogP contribution in [0.5, 0.6) is 0 Å². The van der Waals surface area contributed by atoms with Crippen molar-refractivity contribution in [3.05, 3.63) is 83.7 Å². The smallest absolute Gasteiger partial charge is 0.350 e. The number of nitriles is 2. The average molecular weight is 468 g/mol. The molecule has 0 amide bonds. The third kappa shape index (κ3) is 10.1. The van der Waals surface area contributed by atoms with Crippen LogP contribution in [0, 0.1) is 34.3 Å². The molecule has 0 saturated carbocycles. The van der Waals surface area contributed by atoms with Gasteiger partial charge in [-0.3, -0.25) is 0 Å². The maximum Gasteiger partial charge on any atom is 0.350 e. The monoisotopic (exact) mass is 468 g/mol. The van der Waals surface area contributed by atoms with E-state index in [9.17, 15) is 18.4 Å². The average Bonchev–Trinajstić information content (AvgIpc) is 2.83. The molecule has 2 rings (SSSR count). The van der Waals surface area contributed by atoms with E-state index in [1.54, 1.807) is 26.0 Å². The van der Waals surface area contributed by atoms with Crippen molar-refractivity contribution in [3.8, 4) is 12.1 Å². The minimum Gasteiger partial charge on any atom is -0.462 e. The summed E-state index contributed by atoms with van der Waals surface area (Å²) in [5, 5.41) is 22.9. The number of benzene rings is 2. The quantitative estimate of drug-likeness (QED) is 0.332. The van der Waals surface area contributed by atoms with Crippen molar-refractivity contribution in [1.29, 1.82) is 10.5 Å². The number of halogens is 2. The van der Waals surface area contributed by atoms with Crippen molar-refractivity contribution in [1.82, 2.24) is 0 Å². The summed E-state index contributed by atoms with van der Waals surface area (Å²) in [4.78, 5) is 22.5. The van der Waals surface area contributed by atoms with Gasteiger partial charge in [0.15, 0.2) is 11.1 Å². The molecule has 0 fully saturated rings. The summed E-state index contributed by atoms with van der Waals surface area (Å²) in [5.41, 5.74) is 0.860. The van der Waals surface area contributed by atoms with Gasteiger partial charge in [-0.1, -0.05) is 0 Å². The molecule has 176 valence electrons. The number of hydrogen-bond donors (Lipinski definition) is 2. The van der Waals surface area contributed by atoms with Crippen molar-refractivity contribution in [2.24, 2.45) is 0 Å². The van der Waals surface area contributed by atoms with Crippen LogP contribution in [0.2, 0.25) is 0 Å². The lowest BCUT2D eigenvalue weighted by molar-refractivity contribution is -0.138. The summed E-state index contributed by atoms with van der Waals surface area (Å²) in [6.07, 6.45) is 2.45. The fraction of sp³-hybridized carbons (Fsp3) is 0.167. The largest absolute Gasteiger partial charge is 0.462 e. The van der Waals surface area contributed by atoms with Gasteiger partial charge in [0.1, 0.15) is 23.8 Å². The Labute approximate surface area is 195 Å². The van der Waals surface area contributed by atoms with Gasteiger partial charge in [0.2, 0.25) is 0 Å². The zero-order valence-corrected chi connectivity index (χ0v) is 18.5. The summed E-state index contributed by atoms with van der Waals surface area (Å²) in [6.45, 7) is 3.71. The van der Waals surface area contributed by atoms with Crippen molar-refractivity contribution >= 4 is 23.3 Å². The lowest BCUT2D eigenvalue weighted by Crippen LogP contribution is -2.07. The molecule has 0 heterocycles. The van der Waals surface area contributed by atoms with E-state index < -0.39 is 11.9 Å². The predicted molar refractivity (Wildman–Crippen MR) is 121 cm³/mol. The van der Waals surface area contributed by atoms with Gasteiger partial charge < -0.3 is 20.1 Å². The number of ether oxygens (including phenoxy) is 2. The first-order chi connectivity index (χ1) is 16.3. The summed E-state index contributed by atoms with van der Waals surface area (Å²) in [6, 6.07) is 14.5. The van der Waals surface area contributed by atoms with Crippen molar-refractivity contribution < 1.29 is 27.8 Å². The minimum absolute atomic E-state index is 0.142. The van der Waals surface area contributed by atoms with Crippen LogP contribution in [-0.4, -0.2) is 25.2 Å². The number of nitrogens with one attached hydrogen (secondary N) is 2. The van der Waals surface area contributed by atoms with E-state index in [1.165, 1.54) is 60.9 Å². The number of nitrogens with zero attached hydrogens (tertiary/aromatic N) is 2. The first-order valence-corrected chi connectivity index (χ1v) is 9.93. The third-order valence-electron chi connectivity index (χ3n) is 3.69. The second-order valence-corrected chi connectivity index (χ2v) is 6.08. The first-order valence-electron chi connectivity index (χ1n) is 9.93. The summed E-state index contributed by atoms with van der Waals surface area (Å²) >= 11 is 0. The van der Waals surface area contributed by atoms with Gasteiger partial charge >= 0.3 is 11.9 Å². The lowest BCUT2D eigenvalue weighted by Gasteiger charge is -2.02. The molecule has 0 bridgehead atoms. The zero-order valence-electron chi connectivity index (χ0n) is 18.5. The van der Waals surface area contributed by atoms with E-state index in [0.29, 0.717) is 11.4 Å². The summed E-state index contributed by atoms with van der Waals surface area (Å²) in [7, 11) is 0. The standard InChI is InChI=1S/2C12H11FN2O2/c2*1-2-17-12(16)9(7-14)8-15-11-5-3-10(13)4-6-11/h2*3-6,8,15H,2H2,1H3/b2*9-8+. The van der Waals surface area contributed by atoms with Crippen LogP contribution in [0.25, 0.3) is 0 Å². The Balaban J connectivity index is 0.000000340. The van der Waals surface area contributed by atoms with Crippen molar-refractivity contribution in [2.75, 3.05) is 23.8 Å². The Morgan fingerprint density at radius 1 is 0.765 bits per heavy atom. The second kappa shape index (κ2) is 15.2. The molecule has 0 atom stereocenters. The maximum atomic E-state index is 12.6. The van der Waals surface area contributed by atoms with Gasteiger partial charge in [-0.2, -0.15) is 10.5 Å². The topological polar surface area (TPSA) is 124 Å². The van der Waals surface area contributed by atoms with Gasteiger partial charge in [-0.15, -0.1) is 0 Å². The molecule has 0 aliphatic heterocycles. The number of hydrogen-bond acceptors (Lipinski definition) is 8. The van der Waals surface area contributed by atoms with E-state index in [2.05, 4.69) is 20.1 Å². The van der Waals surface area contributed by atoms with Gasteiger partial charge in [0, 0.05) is 23.8 Å². The lowest BCUT2D eigenvalue weighted by atomic mass is 10.3. The van der Waals surface area contributed by atoms with Gasteiger partial charge in [0.05, 0.1) is 13.2 Å². The highest BCUT2D eigenvalue weighted by Crippen LogP contribution is 2.10. The van der Waals surface area contributed by atoms with E-state index in [-0.39, 0.29) is 36.0 Å². The number of anilines is 2. The van der Waals surface area contributed by atoms with E-state index >= 15 is 0 Å². The number of rotatable bonds is 8. The first kappa shape index (κ1) is 27.3. The summed E-state index contributed by atoms with van der Waals surface area (Å²) in [5.74, 6) is -2.09. The minimum atomic E-state index is -0.690. The predicted octanol–water partition coefficient (Wildman–Crippen LogP) is 4.42. The van der Waals surface area contributed by atoms with Crippen LogP contribution in [0.1, 0.15) is 13.8 Å². The number of esters is 2. The van der Waals surface area contributed by atoms with Gasteiger partial charge in [0.25, 0.3) is 0 Å². The molecule has 0 unspecified atom stereocenters. The fourth-order valence-electron chi connectivity index (χ4n) is 2.09. The van der Waals surface area contributed by atoms with Crippen molar-refractivity contribution in [2.45, 2.75) is 13.8 Å². The molecule has 0 radical (unpaired) electrons. The van der Waals surface area contributed by atoms with Crippen LogP contribution >= 0.6 is 0 Å². The molecular weight excluding hydrogens is 446 g/mol. The van der Waals surface area contributed by atoms with Crippen molar-refractivity contribution in [3.63, 3.8) is 0 Å². The molecule has 34 heavy (non-hydrogen) atoms. The molecule has 2 aromatic rings. The Hall–Kier alpha value is -4.70. The maximum absolute atomic E-state index is 12.6. The number of carbonyl (C=O) groups excluding carboxylic acids is 2. The highest BCUT2D eigenvalue weighted by molar-refractivity contribution is 5.93. The van der Waals surface area contributed by atoms with E-state index in [0.717, 1.165) is 0 Å². The Morgan fingerprint density at radius 3 is 1.35 bits per heavy atom. The van der Waals surface area contributed by atoms with Crippen LogP contribution in [0.15, 0.2) is 72.1 Å². The Morgan fingerprint density at radius 2 is 1.09 bits per heavy atom. The molecular formula is C24H22F2N4O4. The molecule has 8 nitrogen and oxygen atoms in total. The Bertz CT molecular complexity index is 1010. The van der Waals surface area contributed by atoms with E-state index in [4.69, 9.17) is 10.5 Å². The molecule has 0 aliphatic carbocycles. The third-order valence-corrected chi connectivity index (χ3v) is 3.69. The Kier molecular flexibility index (Phi) is 12.2. The SMILES string of the molecule is CCOC(=O)/C(C#N)=C/Nc1ccc(F)cc1.CCOC(=O)/C(C#N)=C/Nc1ccc(F)cc1. The van der Waals surface area contributed by atoms with Crippen LogP contribution in [-0.2, 0) is 19.1 Å². The van der Waals surface area contributed by atoms with E-state index in [1.807, 2.05) is 0 Å². The molecule has 0 aromatic heterocycles. The van der Waals surface area contributed by atoms with Crippen LogP contribution in [0.4, 0.5) is 20.2 Å². The van der Waals surface area contributed by atoms with Crippen LogP contribution in [0.3, 0.4) is 0 Å². The fourth-order valence-corrected chi connectivity index (χ4v) is 2.09. The molecule has 0 spiro atoms. The molecule has 10 heteroatoms.